The van der Waals surface area contributed by atoms with E-state index in [1.54, 1.807) is 13.8 Å². The highest BCUT2D eigenvalue weighted by atomic mass is 16.4. The molecule has 0 aromatic heterocycles. The van der Waals surface area contributed by atoms with Crippen LogP contribution in [0, 0.1) is 17.8 Å². The molecule has 8 N–H and O–H groups in total. The van der Waals surface area contributed by atoms with Gasteiger partial charge in [0, 0.05) is 63.8 Å². The summed E-state index contributed by atoms with van der Waals surface area (Å²) >= 11 is 0. The fourth-order valence-electron chi connectivity index (χ4n) is 6.91. The molecule has 0 aromatic rings. The van der Waals surface area contributed by atoms with Crippen molar-refractivity contribution in [2.75, 3.05) is 7.05 Å². The standard InChI is InChI=1S/C44H75N5O12/c1-6-7-8-9-10-11-12-13-14-15-16-17-18-19-39(54)48-34(28-38(45)53)35(50)22-23-40(55)47-32(20-24-41(56)57)37(52)27-31(29(2)3)44(61)49-33(21-25-42(58)59)36(51)26-30(4)43(60)46-5/h29-34H,6-28H2,1-5H3,(H2,45,53)(H,46,60)(H,47,55)(H,48,54)(H,49,61)(H,56,57)(H,58,59)/t30-,31+,32+,33+,34+/m1/s1. The Labute approximate surface area is 361 Å². The Balaban J connectivity index is 5.37. The normalized spacial score (nSPS) is 13.5. The molecule has 0 unspecified atom stereocenters. The highest BCUT2D eigenvalue weighted by Crippen LogP contribution is 2.20. The van der Waals surface area contributed by atoms with Crippen molar-refractivity contribution in [3.05, 3.63) is 0 Å². The number of hydrogen-bond donors (Lipinski definition) is 7. The molecule has 61 heavy (non-hydrogen) atoms. The lowest BCUT2D eigenvalue weighted by molar-refractivity contribution is -0.139. The number of nitrogens with two attached hydrogens (primary N) is 1. The topological polar surface area (TPSA) is 285 Å². The van der Waals surface area contributed by atoms with E-state index < -0.39 is 133 Å². The zero-order chi connectivity index (χ0) is 46.3. The van der Waals surface area contributed by atoms with Gasteiger partial charge in [0.1, 0.15) is 0 Å². The molecule has 0 aliphatic rings. The maximum absolute atomic E-state index is 13.6. The van der Waals surface area contributed by atoms with Crippen LogP contribution in [0.2, 0.25) is 0 Å². The lowest BCUT2D eigenvalue weighted by atomic mass is 9.86. The van der Waals surface area contributed by atoms with E-state index in [0.717, 1.165) is 25.7 Å². The van der Waals surface area contributed by atoms with Gasteiger partial charge in [0.25, 0.3) is 0 Å². The number of amides is 5. The summed E-state index contributed by atoms with van der Waals surface area (Å²) in [5.41, 5.74) is 5.34. The van der Waals surface area contributed by atoms with Crippen molar-refractivity contribution in [1.82, 2.24) is 21.3 Å². The third-order valence-corrected chi connectivity index (χ3v) is 10.7. The predicted molar refractivity (Wildman–Crippen MR) is 229 cm³/mol. The van der Waals surface area contributed by atoms with Crippen molar-refractivity contribution in [2.45, 2.75) is 193 Å². The van der Waals surface area contributed by atoms with Crippen molar-refractivity contribution in [1.29, 1.82) is 0 Å². The van der Waals surface area contributed by atoms with Gasteiger partial charge in [0.2, 0.25) is 29.5 Å². The third kappa shape index (κ3) is 27.7. The molecule has 5 atom stereocenters. The summed E-state index contributed by atoms with van der Waals surface area (Å²) in [5.74, 6) is -9.91. The Morgan fingerprint density at radius 3 is 1.39 bits per heavy atom. The summed E-state index contributed by atoms with van der Waals surface area (Å²) in [5, 5.41) is 28.5. The Morgan fingerprint density at radius 1 is 0.492 bits per heavy atom. The van der Waals surface area contributed by atoms with E-state index in [1.807, 2.05) is 0 Å². The predicted octanol–water partition coefficient (Wildman–Crippen LogP) is 4.45. The van der Waals surface area contributed by atoms with Gasteiger partial charge in [0.15, 0.2) is 17.3 Å². The monoisotopic (exact) mass is 866 g/mol. The molecule has 17 nitrogen and oxygen atoms in total. The second-order valence-corrected chi connectivity index (χ2v) is 16.5. The van der Waals surface area contributed by atoms with Crippen LogP contribution in [-0.4, -0.2) is 94.2 Å². The van der Waals surface area contributed by atoms with Crippen LogP contribution in [-0.2, 0) is 47.9 Å². The van der Waals surface area contributed by atoms with Crippen LogP contribution in [0.3, 0.4) is 0 Å². The summed E-state index contributed by atoms with van der Waals surface area (Å²) in [6.07, 6.45) is 11.3. The molecule has 348 valence electrons. The molecule has 0 radical (unpaired) electrons. The molecule has 0 aliphatic heterocycles. The largest absolute Gasteiger partial charge is 0.481 e. The molecule has 0 heterocycles. The number of ketones is 3. The molecule has 0 saturated carbocycles. The van der Waals surface area contributed by atoms with E-state index in [0.29, 0.717) is 6.42 Å². The van der Waals surface area contributed by atoms with Gasteiger partial charge < -0.3 is 37.2 Å². The first-order valence-corrected chi connectivity index (χ1v) is 22.2. The molecular weight excluding hydrogens is 791 g/mol. The first-order chi connectivity index (χ1) is 28.8. The molecule has 0 bridgehead atoms. The number of carbonyl (C=O) groups is 10. The second kappa shape index (κ2) is 33.0. The number of carbonyl (C=O) groups excluding carboxylic acids is 8. The third-order valence-electron chi connectivity index (χ3n) is 10.7. The Morgan fingerprint density at radius 2 is 0.934 bits per heavy atom. The van der Waals surface area contributed by atoms with Gasteiger partial charge in [-0.25, -0.2) is 0 Å². The van der Waals surface area contributed by atoms with E-state index in [9.17, 15) is 58.2 Å². The second-order valence-electron chi connectivity index (χ2n) is 16.5. The van der Waals surface area contributed by atoms with Gasteiger partial charge in [-0.05, 0) is 25.2 Å². The van der Waals surface area contributed by atoms with E-state index >= 15 is 0 Å². The SMILES string of the molecule is CCCCCCCCCCCCCCCC(=O)N[C@@H](CC(N)=O)C(=O)CCC(=O)N[C@@H](CCC(=O)O)C(=O)C[C@H](C(=O)N[C@@H](CCC(=O)O)C(=O)C[C@@H](C)C(=O)NC)C(C)C. The van der Waals surface area contributed by atoms with Crippen LogP contribution in [0.4, 0.5) is 0 Å². The molecule has 17 heteroatoms. The first-order valence-electron chi connectivity index (χ1n) is 22.2. The number of aliphatic carboxylic acids is 2. The lowest BCUT2D eigenvalue weighted by Crippen LogP contribution is -2.48. The summed E-state index contributed by atoms with van der Waals surface area (Å²) in [6.45, 7) is 6.98. The van der Waals surface area contributed by atoms with Gasteiger partial charge in [-0.3, -0.25) is 47.9 Å². The van der Waals surface area contributed by atoms with Crippen molar-refractivity contribution in [2.24, 2.45) is 23.5 Å². The van der Waals surface area contributed by atoms with Gasteiger partial charge >= 0.3 is 11.9 Å². The fraction of sp³-hybridized carbons (Fsp3) is 0.773. The first kappa shape index (κ1) is 56.3. The smallest absolute Gasteiger partial charge is 0.303 e. The summed E-state index contributed by atoms with van der Waals surface area (Å²) < 4.78 is 0. The van der Waals surface area contributed by atoms with Gasteiger partial charge in [-0.15, -0.1) is 0 Å². The van der Waals surface area contributed by atoms with Crippen molar-refractivity contribution >= 4 is 58.8 Å². The molecular formula is C44H75N5O12. The molecule has 0 spiro atoms. The quantitative estimate of drug-likeness (QED) is 0.0424. The van der Waals surface area contributed by atoms with E-state index in [2.05, 4.69) is 28.2 Å². The van der Waals surface area contributed by atoms with Crippen LogP contribution in [0.5, 0.6) is 0 Å². The van der Waals surface area contributed by atoms with Gasteiger partial charge in [-0.2, -0.15) is 0 Å². The van der Waals surface area contributed by atoms with E-state index in [1.165, 1.54) is 65.3 Å². The number of rotatable bonds is 38. The maximum Gasteiger partial charge on any atom is 0.303 e. The highest BCUT2D eigenvalue weighted by molar-refractivity contribution is 5.97. The minimum atomic E-state index is -1.37. The van der Waals surface area contributed by atoms with Crippen LogP contribution in [0.25, 0.3) is 0 Å². The molecule has 0 saturated heterocycles. The van der Waals surface area contributed by atoms with Crippen LogP contribution in [0.1, 0.15) is 175 Å². The number of carboxylic acids is 2. The van der Waals surface area contributed by atoms with Crippen LogP contribution >= 0.6 is 0 Å². The molecule has 0 rings (SSSR count). The Hall–Kier alpha value is -4.70. The number of nitrogens with one attached hydrogen (secondary N) is 4. The molecule has 0 fully saturated rings. The minimum absolute atomic E-state index is 0.153. The number of primary amides is 1. The zero-order valence-corrected chi connectivity index (χ0v) is 37.3. The Kier molecular flexibility index (Phi) is 30.5. The lowest BCUT2D eigenvalue weighted by Gasteiger charge is -2.26. The van der Waals surface area contributed by atoms with Crippen molar-refractivity contribution in [3.63, 3.8) is 0 Å². The van der Waals surface area contributed by atoms with Gasteiger partial charge in [-0.1, -0.05) is 105 Å². The van der Waals surface area contributed by atoms with Crippen molar-refractivity contribution < 1.29 is 58.2 Å². The number of Topliss-reactive ketones (excluding diaryl/α,β-unsaturated/α-hetero) is 3. The average molecular weight is 866 g/mol. The number of carboxylic acid groups (broad SMARTS) is 2. The van der Waals surface area contributed by atoms with Crippen LogP contribution in [0.15, 0.2) is 0 Å². The fourth-order valence-corrected chi connectivity index (χ4v) is 6.91. The van der Waals surface area contributed by atoms with E-state index in [-0.39, 0.29) is 25.7 Å². The Bertz CT molecular complexity index is 1430. The molecule has 0 aliphatic carbocycles. The molecule has 0 aromatic carbocycles. The van der Waals surface area contributed by atoms with E-state index in [4.69, 9.17) is 5.73 Å². The number of unbranched alkanes of at least 4 members (excludes halogenated alkanes) is 12. The number of hydrogen-bond acceptors (Lipinski definition) is 10. The summed E-state index contributed by atoms with van der Waals surface area (Å²) in [4.78, 5) is 125. The van der Waals surface area contributed by atoms with Crippen LogP contribution < -0.4 is 27.0 Å². The average Bonchev–Trinajstić information content (AvgIpc) is 3.19. The summed E-state index contributed by atoms with van der Waals surface area (Å²) in [7, 11) is 1.40. The highest BCUT2D eigenvalue weighted by Gasteiger charge is 2.33. The minimum Gasteiger partial charge on any atom is -0.481 e. The maximum atomic E-state index is 13.6. The molecule has 5 amide bonds. The summed E-state index contributed by atoms with van der Waals surface area (Å²) in [6, 6.07) is -3.89. The van der Waals surface area contributed by atoms with Crippen molar-refractivity contribution in [3.8, 4) is 0 Å². The van der Waals surface area contributed by atoms with Gasteiger partial charge in [0.05, 0.1) is 24.5 Å². The zero-order valence-electron chi connectivity index (χ0n) is 37.3.